The molecule has 0 unspecified atom stereocenters. The zero-order valence-electron chi connectivity index (χ0n) is 8.97. The topological polar surface area (TPSA) is 83.5 Å². The number of aromatic hydroxyl groups is 1. The van der Waals surface area contributed by atoms with Crippen LogP contribution < -0.4 is 5.73 Å². The number of aliphatic carboxylic acids is 1. The molecule has 2 radical (unpaired) electrons. The van der Waals surface area contributed by atoms with Gasteiger partial charge in [-0.05, 0) is 24.1 Å². The van der Waals surface area contributed by atoms with Crippen molar-refractivity contribution in [2.75, 3.05) is 0 Å². The van der Waals surface area contributed by atoms with Gasteiger partial charge in [-0.15, -0.1) is 0 Å². The van der Waals surface area contributed by atoms with E-state index >= 15 is 0 Å². The van der Waals surface area contributed by atoms with Crippen molar-refractivity contribution in [2.45, 2.75) is 12.5 Å². The smallest absolute Gasteiger partial charge is 0.320 e. The minimum atomic E-state index is -1.02. The van der Waals surface area contributed by atoms with E-state index in [1.807, 2.05) is 0 Å². The van der Waals surface area contributed by atoms with Gasteiger partial charge in [0.05, 0.1) is 0 Å². The van der Waals surface area contributed by atoms with Crippen LogP contribution in [0.3, 0.4) is 0 Å². The number of carboxylic acids is 1. The van der Waals surface area contributed by atoms with E-state index in [2.05, 4.69) is 0 Å². The number of benzene rings is 1. The fraction of sp³-hybridized carbons (Fsp3) is 0.222. The van der Waals surface area contributed by atoms with E-state index in [1.165, 1.54) is 12.1 Å². The molecule has 0 spiro atoms. The largest absolute Gasteiger partial charge is 0.508 e. The summed E-state index contributed by atoms with van der Waals surface area (Å²) in [4.78, 5) is 10.4. The number of phenols is 1. The maximum absolute atomic E-state index is 10.4. The van der Waals surface area contributed by atoms with Crippen LogP contribution in [0.25, 0.3) is 0 Å². The summed E-state index contributed by atoms with van der Waals surface area (Å²) in [6.45, 7) is 0. The van der Waals surface area contributed by atoms with Crippen LogP contribution in [0.4, 0.5) is 0 Å². The Balaban J connectivity index is 0. The van der Waals surface area contributed by atoms with Crippen molar-refractivity contribution in [3.05, 3.63) is 29.8 Å². The first-order valence-corrected chi connectivity index (χ1v) is 3.86. The second-order valence-electron chi connectivity index (χ2n) is 2.82. The summed E-state index contributed by atoms with van der Waals surface area (Å²) < 4.78 is 0. The van der Waals surface area contributed by atoms with Crippen molar-refractivity contribution in [1.29, 1.82) is 0 Å². The molecule has 0 saturated carbocycles. The first kappa shape index (κ1) is 17.8. The number of hydrogen-bond acceptors (Lipinski definition) is 3. The van der Waals surface area contributed by atoms with Gasteiger partial charge in [-0.2, -0.15) is 0 Å². The number of hydrogen-bond donors (Lipinski definition) is 3. The molecule has 1 aromatic carbocycles. The van der Waals surface area contributed by atoms with E-state index in [1.54, 1.807) is 12.1 Å². The molecule has 4 N–H and O–H groups in total. The van der Waals surface area contributed by atoms with Crippen molar-refractivity contribution >= 4 is 65.1 Å². The average molecular weight is 227 g/mol. The molecule has 15 heavy (non-hydrogen) atoms. The van der Waals surface area contributed by atoms with E-state index in [0.29, 0.717) is 0 Å². The van der Waals surface area contributed by atoms with Gasteiger partial charge in [-0.3, -0.25) is 4.79 Å². The van der Waals surface area contributed by atoms with Crippen LogP contribution in [0, 0.1) is 0 Å². The second-order valence-corrected chi connectivity index (χ2v) is 2.82. The van der Waals surface area contributed by atoms with Gasteiger partial charge >= 0.3 is 5.97 Å². The van der Waals surface area contributed by atoms with Crippen molar-refractivity contribution < 1.29 is 15.0 Å². The molecular formula is C9H11NNa2O3. The summed E-state index contributed by atoms with van der Waals surface area (Å²) in [7, 11) is 0. The normalized spacial score (nSPS) is 10.7. The molecule has 72 valence electrons. The van der Waals surface area contributed by atoms with Gasteiger partial charge in [-0.1, -0.05) is 12.1 Å². The molecular weight excluding hydrogens is 216 g/mol. The fourth-order valence-corrected chi connectivity index (χ4v) is 0.973. The Morgan fingerprint density at radius 2 is 1.73 bits per heavy atom. The predicted octanol–water partition coefficient (Wildman–Crippen LogP) is -0.415. The molecule has 1 rings (SSSR count). The standard InChI is InChI=1S/C9H11NO3.2Na/c10-8(9(12)13)5-6-1-3-7(11)4-2-6;;/h1-4,8,11H,5,10H2,(H,12,13);;/t8-;;/m0../s1. The summed E-state index contributed by atoms with van der Waals surface area (Å²) >= 11 is 0. The van der Waals surface area contributed by atoms with Gasteiger partial charge in [0, 0.05) is 59.1 Å². The number of phenolic OH excluding ortho intramolecular Hbond substituents is 1. The first-order chi connectivity index (χ1) is 6.09. The first-order valence-electron chi connectivity index (χ1n) is 3.86. The van der Waals surface area contributed by atoms with Crippen LogP contribution in [-0.4, -0.2) is 81.3 Å². The van der Waals surface area contributed by atoms with Crippen molar-refractivity contribution in [1.82, 2.24) is 0 Å². The van der Waals surface area contributed by atoms with E-state index in [9.17, 15) is 4.79 Å². The van der Waals surface area contributed by atoms with Gasteiger partial charge in [0.1, 0.15) is 11.8 Å². The summed E-state index contributed by atoms with van der Waals surface area (Å²) in [5.74, 6) is -0.860. The van der Waals surface area contributed by atoms with Gasteiger partial charge in [0.2, 0.25) is 0 Å². The minimum Gasteiger partial charge on any atom is -0.508 e. The van der Waals surface area contributed by atoms with Gasteiger partial charge < -0.3 is 15.9 Å². The summed E-state index contributed by atoms with van der Waals surface area (Å²) in [6.07, 6.45) is 0.273. The molecule has 0 aliphatic carbocycles. The molecule has 0 aromatic heterocycles. The molecule has 6 heteroatoms. The Kier molecular flexibility index (Phi) is 10.2. The summed E-state index contributed by atoms with van der Waals surface area (Å²) in [5.41, 5.74) is 6.12. The molecule has 0 aliphatic rings. The molecule has 1 atom stereocenters. The minimum absolute atomic E-state index is 0. The van der Waals surface area contributed by atoms with Crippen LogP contribution in [0.2, 0.25) is 0 Å². The van der Waals surface area contributed by atoms with Crippen molar-refractivity contribution in [3.8, 4) is 5.75 Å². The SMILES string of the molecule is N[C@@H](Cc1ccc(O)cc1)C(=O)O.[Na].[Na]. The third-order valence-corrected chi connectivity index (χ3v) is 1.71. The molecule has 0 heterocycles. The second kappa shape index (κ2) is 8.58. The third kappa shape index (κ3) is 6.58. The molecule has 0 amide bonds. The Morgan fingerprint density at radius 3 is 2.13 bits per heavy atom. The number of carbonyl (C=O) groups is 1. The van der Waals surface area contributed by atoms with Crippen LogP contribution in [0.1, 0.15) is 5.56 Å². The molecule has 0 bridgehead atoms. The van der Waals surface area contributed by atoms with Crippen LogP contribution >= 0.6 is 0 Å². The summed E-state index contributed by atoms with van der Waals surface area (Å²) in [6, 6.07) is 5.42. The van der Waals surface area contributed by atoms with Gasteiger partial charge in [0.25, 0.3) is 0 Å². The van der Waals surface area contributed by atoms with Crippen molar-refractivity contribution in [3.63, 3.8) is 0 Å². The monoisotopic (exact) mass is 227 g/mol. The Bertz CT molecular complexity index is 303. The molecule has 0 saturated heterocycles. The van der Waals surface area contributed by atoms with Gasteiger partial charge in [-0.25, -0.2) is 0 Å². The number of nitrogens with two attached hydrogens (primary N) is 1. The zero-order valence-corrected chi connectivity index (χ0v) is 13.0. The predicted molar refractivity (Wildman–Crippen MR) is 58.9 cm³/mol. The van der Waals surface area contributed by atoms with E-state index in [0.717, 1.165) is 5.56 Å². The Morgan fingerprint density at radius 1 is 1.27 bits per heavy atom. The maximum Gasteiger partial charge on any atom is 0.320 e. The van der Waals surface area contributed by atoms with Crippen LogP contribution in [0.5, 0.6) is 5.75 Å². The maximum atomic E-state index is 10.4. The zero-order chi connectivity index (χ0) is 9.84. The van der Waals surface area contributed by atoms with Gasteiger partial charge in [0.15, 0.2) is 0 Å². The average Bonchev–Trinajstić information content (AvgIpc) is 2.08. The fourth-order valence-electron chi connectivity index (χ4n) is 0.973. The molecule has 4 nitrogen and oxygen atoms in total. The quantitative estimate of drug-likeness (QED) is 0.613. The summed E-state index contributed by atoms with van der Waals surface area (Å²) in [5, 5.41) is 17.5. The third-order valence-electron chi connectivity index (χ3n) is 1.71. The van der Waals surface area contributed by atoms with E-state index in [-0.39, 0.29) is 71.3 Å². The number of rotatable bonds is 3. The number of carboxylic acid groups (broad SMARTS) is 1. The Labute approximate surface area is 132 Å². The van der Waals surface area contributed by atoms with E-state index in [4.69, 9.17) is 15.9 Å². The van der Waals surface area contributed by atoms with E-state index < -0.39 is 12.0 Å². The van der Waals surface area contributed by atoms with Crippen LogP contribution in [-0.2, 0) is 11.2 Å². The molecule has 0 fully saturated rings. The van der Waals surface area contributed by atoms with Crippen molar-refractivity contribution in [2.24, 2.45) is 5.73 Å². The molecule has 1 aromatic rings. The Hall–Kier alpha value is 0.450. The molecule has 0 aliphatic heterocycles. The van der Waals surface area contributed by atoms with Crippen LogP contribution in [0.15, 0.2) is 24.3 Å².